The van der Waals surface area contributed by atoms with Gasteiger partial charge in [0.25, 0.3) is 0 Å². The SMILES string of the molecule is CN(C)c1cccc2c(OCl)cccc12. The second-order valence-electron chi connectivity index (χ2n) is 3.60. The van der Waals surface area contributed by atoms with Crippen molar-refractivity contribution < 1.29 is 4.29 Å². The van der Waals surface area contributed by atoms with E-state index in [1.54, 1.807) is 0 Å². The van der Waals surface area contributed by atoms with Gasteiger partial charge >= 0.3 is 0 Å². The van der Waals surface area contributed by atoms with E-state index in [0.29, 0.717) is 5.75 Å². The van der Waals surface area contributed by atoms with E-state index < -0.39 is 0 Å². The Bertz CT molecular complexity index is 482. The smallest absolute Gasteiger partial charge is 0.154 e. The third-order valence-corrected chi connectivity index (χ3v) is 2.59. The molecule has 0 amide bonds. The summed E-state index contributed by atoms with van der Waals surface area (Å²) in [6, 6.07) is 11.9. The lowest BCUT2D eigenvalue weighted by atomic mass is 10.1. The third-order valence-electron chi connectivity index (χ3n) is 2.42. The van der Waals surface area contributed by atoms with E-state index in [1.165, 1.54) is 0 Å². The van der Waals surface area contributed by atoms with Crippen LogP contribution in [0.3, 0.4) is 0 Å². The highest BCUT2D eigenvalue weighted by Crippen LogP contribution is 2.32. The van der Waals surface area contributed by atoms with Crippen LogP contribution in [0.4, 0.5) is 5.69 Å². The van der Waals surface area contributed by atoms with Crippen molar-refractivity contribution in [1.82, 2.24) is 0 Å². The van der Waals surface area contributed by atoms with Crippen molar-refractivity contribution in [2.45, 2.75) is 0 Å². The van der Waals surface area contributed by atoms with E-state index in [1.807, 2.05) is 38.4 Å². The molecular weight excluding hydrogens is 210 g/mol. The Kier molecular flexibility index (Phi) is 2.69. The van der Waals surface area contributed by atoms with Gasteiger partial charge in [-0.2, -0.15) is 0 Å². The highest BCUT2D eigenvalue weighted by Gasteiger charge is 2.06. The molecule has 0 aromatic heterocycles. The van der Waals surface area contributed by atoms with Gasteiger partial charge in [-0.1, -0.05) is 24.3 Å². The van der Waals surface area contributed by atoms with Gasteiger partial charge in [0.1, 0.15) is 11.9 Å². The predicted molar refractivity (Wildman–Crippen MR) is 64.8 cm³/mol. The van der Waals surface area contributed by atoms with Gasteiger partial charge in [0.05, 0.1) is 0 Å². The fourth-order valence-electron chi connectivity index (χ4n) is 1.72. The van der Waals surface area contributed by atoms with E-state index >= 15 is 0 Å². The van der Waals surface area contributed by atoms with Crippen molar-refractivity contribution in [2.75, 3.05) is 19.0 Å². The van der Waals surface area contributed by atoms with Gasteiger partial charge in [0, 0.05) is 30.6 Å². The van der Waals surface area contributed by atoms with Gasteiger partial charge in [-0.3, -0.25) is 0 Å². The maximum atomic E-state index is 5.42. The lowest BCUT2D eigenvalue weighted by molar-refractivity contribution is 0.627. The maximum Gasteiger partial charge on any atom is 0.154 e. The number of anilines is 1. The van der Waals surface area contributed by atoms with Crippen LogP contribution < -0.4 is 9.19 Å². The van der Waals surface area contributed by atoms with E-state index in [2.05, 4.69) is 17.0 Å². The van der Waals surface area contributed by atoms with Crippen molar-refractivity contribution in [3.8, 4) is 5.75 Å². The largest absolute Gasteiger partial charge is 0.385 e. The number of nitrogens with zero attached hydrogens (tertiary/aromatic N) is 1. The summed E-state index contributed by atoms with van der Waals surface area (Å²) in [4.78, 5) is 2.07. The standard InChI is InChI=1S/C12H12ClNO/c1-14(2)11-7-3-6-10-9(11)5-4-8-12(10)15-13/h3-8H,1-2H3. The molecule has 2 aromatic rings. The van der Waals surface area contributed by atoms with Gasteiger partial charge in [-0.15, -0.1) is 0 Å². The zero-order valence-electron chi connectivity index (χ0n) is 8.70. The maximum absolute atomic E-state index is 5.42. The van der Waals surface area contributed by atoms with Gasteiger partial charge in [0.2, 0.25) is 0 Å². The van der Waals surface area contributed by atoms with Crippen molar-refractivity contribution in [3.63, 3.8) is 0 Å². The number of hydrogen-bond acceptors (Lipinski definition) is 2. The summed E-state index contributed by atoms with van der Waals surface area (Å²) in [7, 11) is 4.03. The van der Waals surface area contributed by atoms with Crippen LogP contribution >= 0.6 is 11.9 Å². The Labute approximate surface area is 94.2 Å². The molecule has 2 rings (SSSR count). The molecule has 3 heteroatoms. The molecule has 78 valence electrons. The highest BCUT2D eigenvalue weighted by atomic mass is 35.5. The molecule has 0 saturated carbocycles. The molecule has 0 aliphatic heterocycles. The minimum absolute atomic E-state index is 0.692. The first kappa shape index (κ1) is 10.1. The van der Waals surface area contributed by atoms with Crippen LogP contribution in [0.1, 0.15) is 0 Å². The molecule has 15 heavy (non-hydrogen) atoms. The first-order valence-electron chi connectivity index (χ1n) is 4.71. The van der Waals surface area contributed by atoms with E-state index in [9.17, 15) is 0 Å². The Morgan fingerprint density at radius 3 is 2.33 bits per heavy atom. The molecule has 0 aliphatic rings. The molecule has 0 fully saturated rings. The highest BCUT2D eigenvalue weighted by molar-refractivity contribution is 6.11. The lowest BCUT2D eigenvalue weighted by Gasteiger charge is -2.15. The molecule has 0 unspecified atom stereocenters. The van der Waals surface area contributed by atoms with E-state index in [-0.39, 0.29) is 0 Å². The summed E-state index contributed by atoms with van der Waals surface area (Å²) in [5, 5.41) is 2.17. The minimum Gasteiger partial charge on any atom is -0.385 e. The average molecular weight is 222 g/mol. The quantitative estimate of drug-likeness (QED) is 0.770. The van der Waals surface area contributed by atoms with Crippen LogP contribution in [-0.2, 0) is 0 Å². The predicted octanol–water partition coefficient (Wildman–Crippen LogP) is 3.44. The number of halogens is 1. The topological polar surface area (TPSA) is 12.5 Å². The van der Waals surface area contributed by atoms with Crippen molar-refractivity contribution in [3.05, 3.63) is 36.4 Å². The Morgan fingerprint density at radius 1 is 1.00 bits per heavy atom. The summed E-state index contributed by atoms with van der Waals surface area (Å²) in [5.41, 5.74) is 1.16. The Balaban J connectivity index is 2.76. The summed E-state index contributed by atoms with van der Waals surface area (Å²) >= 11 is 5.42. The first-order valence-corrected chi connectivity index (χ1v) is 5.02. The molecule has 0 atom stereocenters. The molecule has 2 nitrogen and oxygen atoms in total. The molecule has 0 radical (unpaired) electrons. The monoisotopic (exact) mass is 221 g/mol. The van der Waals surface area contributed by atoms with Crippen LogP contribution in [0.5, 0.6) is 5.75 Å². The summed E-state index contributed by atoms with van der Waals surface area (Å²) in [5.74, 6) is 0.692. The number of benzene rings is 2. The van der Waals surface area contributed by atoms with Crippen molar-refractivity contribution in [1.29, 1.82) is 0 Å². The van der Waals surface area contributed by atoms with Gasteiger partial charge in [0.15, 0.2) is 5.75 Å². The molecular formula is C12H12ClNO. The zero-order valence-corrected chi connectivity index (χ0v) is 9.45. The fourth-order valence-corrected chi connectivity index (χ4v) is 1.86. The summed E-state index contributed by atoms with van der Waals surface area (Å²) < 4.78 is 4.82. The molecule has 0 bridgehead atoms. The van der Waals surface area contributed by atoms with E-state index in [0.717, 1.165) is 16.5 Å². The van der Waals surface area contributed by atoms with Crippen molar-refractivity contribution >= 4 is 28.3 Å². The number of rotatable bonds is 2. The van der Waals surface area contributed by atoms with Crippen LogP contribution in [0.2, 0.25) is 0 Å². The molecule has 0 heterocycles. The Morgan fingerprint density at radius 2 is 1.67 bits per heavy atom. The first-order chi connectivity index (χ1) is 7.24. The zero-order chi connectivity index (χ0) is 10.8. The molecule has 0 spiro atoms. The number of hydrogen-bond donors (Lipinski definition) is 0. The number of fused-ring (bicyclic) bond motifs is 1. The fraction of sp³-hybridized carbons (Fsp3) is 0.167. The normalized spacial score (nSPS) is 10.3. The summed E-state index contributed by atoms with van der Waals surface area (Å²) in [6.45, 7) is 0. The van der Waals surface area contributed by atoms with Crippen LogP contribution in [-0.4, -0.2) is 14.1 Å². The average Bonchev–Trinajstić information content (AvgIpc) is 2.27. The molecule has 0 saturated heterocycles. The molecule has 0 aliphatic carbocycles. The second-order valence-corrected chi connectivity index (χ2v) is 3.75. The van der Waals surface area contributed by atoms with Crippen LogP contribution in [0, 0.1) is 0 Å². The van der Waals surface area contributed by atoms with Gasteiger partial charge in [-0.05, 0) is 12.1 Å². The lowest BCUT2D eigenvalue weighted by Crippen LogP contribution is -2.08. The second kappa shape index (κ2) is 3.99. The minimum atomic E-state index is 0.692. The Hall–Kier alpha value is -1.41. The van der Waals surface area contributed by atoms with Crippen LogP contribution in [0.15, 0.2) is 36.4 Å². The van der Waals surface area contributed by atoms with Gasteiger partial charge < -0.3 is 9.19 Å². The van der Waals surface area contributed by atoms with Crippen molar-refractivity contribution in [2.24, 2.45) is 0 Å². The van der Waals surface area contributed by atoms with Gasteiger partial charge in [-0.25, -0.2) is 0 Å². The van der Waals surface area contributed by atoms with E-state index in [4.69, 9.17) is 16.2 Å². The third kappa shape index (κ3) is 1.73. The van der Waals surface area contributed by atoms with Crippen LogP contribution in [0.25, 0.3) is 10.8 Å². The molecule has 2 aromatic carbocycles. The summed E-state index contributed by atoms with van der Waals surface area (Å²) in [6.07, 6.45) is 0. The molecule has 0 N–H and O–H groups in total.